The summed E-state index contributed by atoms with van der Waals surface area (Å²) in [5.74, 6) is 0.399. The second kappa shape index (κ2) is 8.99. The number of amides is 1. The van der Waals surface area contributed by atoms with Gasteiger partial charge in [0.1, 0.15) is 5.82 Å². The number of rotatable bonds is 4. The first kappa shape index (κ1) is 21.1. The van der Waals surface area contributed by atoms with Crippen molar-refractivity contribution >= 4 is 17.7 Å². The summed E-state index contributed by atoms with van der Waals surface area (Å²) in [7, 11) is 0. The van der Waals surface area contributed by atoms with E-state index in [1.165, 1.54) is 36.3 Å². The van der Waals surface area contributed by atoms with Gasteiger partial charge in [0, 0.05) is 38.9 Å². The van der Waals surface area contributed by atoms with Gasteiger partial charge in [0.05, 0.1) is 31.1 Å². The predicted molar refractivity (Wildman–Crippen MR) is 117 cm³/mol. The van der Waals surface area contributed by atoms with Gasteiger partial charge in [-0.05, 0) is 43.5 Å². The van der Waals surface area contributed by atoms with Crippen LogP contribution in [0.3, 0.4) is 0 Å². The number of ether oxygens (including phenoxy) is 2. The van der Waals surface area contributed by atoms with Gasteiger partial charge in [-0.25, -0.2) is 19.2 Å². The van der Waals surface area contributed by atoms with Gasteiger partial charge in [-0.1, -0.05) is 6.07 Å². The second-order valence-corrected chi connectivity index (χ2v) is 8.78. The molecule has 9 heteroatoms. The average Bonchev–Trinajstić information content (AvgIpc) is 3.00. The van der Waals surface area contributed by atoms with Crippen molar-refractivity contribution in [3.63, 3.8) is 0 Å². The molecule has 170 valence electrons. The molecule has 1 spiro atoms. The Kier molecular flexibility index (Phi) is 5.93. The summed E-state index contributed by atoms with van der Waals surface area (Å²) >= 11 is 0. The number of anilines is 2. The average molecular weight is 442 g/mol. The molecule has 0 N–H and O–H groups in total. The summed E-state index contributed by atoms with van der Waals surface area (Å²) in [6.45, 7) is 5.01. The third-order valence-electron chi connectivity index (χ3n) is 6.24. The maximum absolute atomic E-state index is 13.7. The van der Waals surface area contributed by atoms with Crippen molar-refractivity contribution < 1.29 is 18.7 Å². The van der Waals surface area contributed by atoms with Gasteiger partial charge in [-0.2, -0.15) is 0 Å². The van der Waals surface area contributed by atoms with Crippen molar-refractivity contribution in [2.24, 2.45) is 0 Å². The van der Waals surface area contributed by atoms with Crippen LogP contribution in [0.25, 0.3) is 0 Å². The van der Waals surface area contributed by atoms with Crippen molar-refractivity contribution in [3.8, 4) is 0 Å². The maximum Gasteiger partial charge on any atom is 0.415 e. The Balaban J connectivity index is 1.30. The van der Waals surface area contributed by atoms with E-state index in [1.54, 1.807) is 12.1 Å². The molecule has 0 bridgehead atoms. The number of halogens is 1. The lowest BCUT2D eigenvalue weighted by molar-refractivity contribution is -0.0155. The third-order valence-corrected chi connectivity index (χ3v) is 6.24. The Labute approximate surface area is 186 Å². The summed E-state index contributed by atoms with van der Waals surface area (Å²) in [5.41, 5.74) is 0.622. The second-order valence-electron chi connectivity index (χ2n) is 8.78. The van der Waals surface area contributed by atoms with E-state index in [2.05, 4.69) is 14.8 Å². The fourth-order valence-corrected chi connectivity index (χ4v) is 4.69. The molecule has 32 heavy (non-hydrogen) atoms. The van der Waals surface area contributed by atoms with E-state index in [9.17, 15) is 9.18 Å². The first-order valence-electron chi connectivity index (χ1n) is 11.2. The number of carbonyl (C=O) groups excluding carboxylic acids is 1. The Morgan fingerprint density at radius 2 is 1.97 bits per heavy atom. The van der Waals surface area contributed by atoms with Crippen molar-refractivity contribution in [1.82, 2.24) is 14.9 Å². The van der Waals surface area contributed by atoms with Crippen LogP contribution in [0.2, 0.25) is 0 Å². The molecule has 3 aliphatic heterocycles. The van der Waals surface area contributed by atoms with Gasteiger partial charge in [0.2, 0.25) is 5.95 Å². The van der Waals surface area contributed by atoms with Gasteiger partial charge in [0.15, 0.2) is 5.60 Å². The number of benzene rings is 1. The zero-order valence-electron chi connectivity index (χ0n) is 18.1. The number of hydrogen-bond donors (Lipinski definition) is 0. The summed E-state index contributed by atoms with van der Waals surface area (Å²) in [6.07, 6.45) is 4.95. The minimum atomic E-state index is -0.803. The molecule has 1 aromatic heterocycles. The highest BCUT2D eigenvalue weighted by Gasteiger charge is 2.48. The molecular weight excluding hydrogens is 413 g/mol. The molecule has 1 aromatic carbocycles. The molecule has 0 saturated carbocycles. The molecule has 4 heterocycles. The molecule has 3 aliphatic rings. The van der Waals surface area contributed by atoms with E-state index >= 15 is 0 Å². The van der Waals surface area contributed by atoms with E-state index in [0.29, 0.717) is 45.1 Å². The molecule has 2 aromatic rings. The van der Waals surface area contributed by atoms with E-state index in [4.69, 9.17) is 14.5 Å². The number of aromatic nitrogens is 2. The summed E-state index contributed by atoms with van der Waals surface area (Å²) in [6, 6.07) is 7.94. The Morgan fingerprint density at radius 1 is 1.09 bits per heavy atom. The highest BCUT2D eigenvalue weighted by Crippen LogP contribution is 2.31. The molecule has 1 atom stereocenters. The zero-order valence-corrected chi connectivity index (χ0v) is 18.1. The molecule has 0 aliphatic carbocycles. The number of piperidine rings is 1. The largest absolute Gasteiger partial charge is 0.437 e. The Hall–Kier alpha value is -2.78. The Morgan fingerprint density at radius 3 is 2.81 bits per heavy atom. The third kappa shape index (κ3) is 4.54. The van der Waals surface area contributed by atoms with Crippen molar-refractivity contribution in [3.05, 3.63) is 48.0 Å². The standard InChI is InChI=1S/C23H28FN5O3/c24-18-5-4-6-20(13-18)29-16-23(32-22(29)30)15-27(11-12-31-17-23)14-19-7-8-25-21(26-19)28-9-2-1-3-10-28/h4-8,13H,1-3,9-12,14-17H2/t23-/m0/s1. The van der Waals surface area contributed by atoms with Crippen LogP contribution >= 0.6 is 0 Å². The van der Waals surface area contributed by atoms with E-state index in [0.717, 1.165) is 24.7 Å². The monoisotopic (exact) mass is 441 g/mol. The van der Waals surface area contributed by atoms with Crippen LogP contribution in [0.4, 0.5) is 20.8 Å². The Bertz CT molecular complexity index is 970. The van der Waals surface area contributed by atoms with E-state index in [-0.39, 0.29) is 5.82 Å². The molecule has 5 rings (SSSR count). The fourth-order valence-electron chi connectivity index (χ4n) is 4.69. The van der Waals surface area contributed by atoms with Crippen LogP contribution in [-0.2, 0) is 16.0 Å². The first-order chi connectivity index (χ1) is 15.6. The van der Waals surface area contributed by atoms with Crippen LogP contribution < -0.4 is 9.80 Å². The van der Waals surface area contributed by atoms with Crippen LogP contribution in [0.1, 0.15) is 25.0 Å². The molecule has 0 unspecified atom stereocenters. The van der Waals surface area contributed by atoms with Gasteiger partial charge in [-0.15, -0.1) is 0 Å². The quantitative estimate of drug-likeness (QED) is 0.723. The van der Waals surface area contributed by atoms with Crippen LogP contribution in [0.5, 0.6) is 0 Å². The van der Waals surface area contributed by atoms with Crippen molar-refractivity contribution in [2.45, 2.75) is 31.4 Å². The molecule has 1 amide bonds. The minimum absolute atomic E-state index is 0.309. The summed E-state index contributed by atoms with van der Waals surface area (Å²) in [5, 5.41) is 0. The highest BCUT2D eigenvalue weighted by molar-refractivity contribution is 5.90. The van der Waals surface area contributed by atoms with E-state index < -0.39 is 11.7 Å². The summed E-state index contributed by atoms with van der Waals surface area (Å²) < 4.78 is 25.3. The molecule has 3 saturated heterocycles. The smallest absolute Gasteiger partial charge is 0.415 e. The lowest BCUT2D eigenvalue weighted by atomic mass is 10.0. The number of carbonyl (C=O) groups is 1. The van der Waals surface area contributed by atoms with Gasteiger partial charge < -0.3 is 14.4 Å². The van der Waals surface area contributed by atoms with Crippen LogP contribution in [0, 0.1) is 5.82 Å². The molecule has 3 fully saturated rings. The van der Waals surface area contributed by atoms with Crippen LogP contribution in [0.15, 0.2) is 36.5 Å². The first-order valence-corrected chi connectivity index (χ1v) is 11.2. The van der Waals surface area contributed by atoms with Gasteiger partial charge in [-0.3, -0.25) is 9.80 Å². The van der Waals surface area contributed by atoms with Gasteiger partial charge >= 0.3 is 6.09 Å². The fraction of sp³-hybridized carbons (Fsp3) is 0.522. The topological polar surface area (TPSA) is 71.0 Å². The van der Waals surface area contributed by atoms with Gasteiger partial charge in [0.25, 0.3) is 0 Å². The highest BCUT2D eigenvalue weighted by atomic mass is 19.1. The number of nitrogens with zero attached hydrogens (tertiary/aromatic N) is 5. The van der Waals surface area contributed by atoms with Crippen LogP contribution in [-0.4, -0.2) is 72.5 Å². The lowest BCUT2D eigenvalue weighted by Gasteiger charge is -2.30. The maximum atomic E-state index is 13.7. The van der Waals surface area contributed by atoms with E-state index in [1.807, 2.05) is 12.3 Å². The SMILES string of the molecule is O=C1O[C@]2(COCCN(Cc3ccnc(N4CCCCC4)n3)C2)CN1c1cccc(F)c1. The molecule has 0 radical (unpaired) electrons. The lowest BCUT2D eigenvalue weighted by Crippen LogP contribution is -2.47. The molecular formula is C23H28FN5O3. The summed E-state index contributed by atoms with van der Waals surface area (Å²) in [4.78, 5) is 27.8. The predicted octanol–water partition coefficient (Wildman–Crippen LogP) is 2.83. The molecule has 8 nitrogen and oxygen atoms in total. The number of hydrogen-bond acceptors (Lipinski definition) is 7. The van der Waals surface area contributed by atoms with Crippen molar-refractivity contribution in [1.29, 1.82) is 0 Å². The normalized spacial score (nSPS) is 24.6. The van der Waals surface area contributed by atoms with Crippen molar-refractivity contribution in [2.75, 3.05) is 55.7 Å². The zero-order chi connectivity index (χ0) is 22.0. The minimum Gasteiger partial charge on any atom is -0.437 e.